The van der Waals surface area contributed by atoms with Gasteiger partial charge in [-0.1, -0.05) is 35.6 Å². The lowest BCUT2D eigenvalue weighted by Gasteiger charge is -2.16. The monoisotopic (exact) mass is 428 g/mol. The predicted molar refractivity (Wildman–Crippen MR) is 111 cm³/mol. The second kappa shape index (κ2) is 6.93. The summed E-state index contributed by atoms with van der Waals surface area (Å²) in [6.45, 7) is 1.80. The van der Waals surface area contributed by atoms with Crippen LogP contribution in [-0.4, -0.2) is 26.4 Å². The third kappa shape index (κ3) is 3.01. The highest BCUT2D eigenvalue weighted by atomic mass is 32.2. The molecule has 0 fully saturated rings. The summed E-state index contributed by atoms with van der Waals surface area (Å²) in [5.74, 6) is -1.47. The van der Waals surface area contributed by atoms with Gasteiger partial charge in [-0.2, -0.15) is 9.78 Å². The summed E-state index contributed by atoms with van der Waals surface area (Å²) >= 11 is 2.69. The number of carbonyl (C=O) groups excluding carboxylic acids is 1. The molecule has 1 atom stereocenters. The highest BCUT2D eigenvalue weighted by molar-refractivity contribution is 8.00. The van der Waals surface area contributed by atoms with Gasteiger partial charge in [0.2, 0.25) is 11.0 Å². The number of thiazole rings is 1. The number of carbonyl (C=O) groups is 1. The Morgan fingerprint density at radius 1 is 1.17 bits per heavy atom. The van der Waals surface area contributed by atoms with E-state index in [0.29, 0.717) is 22.2 Å². The normalized spacial score (nSPS) is 16.5. The Hall–Kier alpha value is -2.78. The maximum atomic E-state index is 14.6. The van der Waals surface area contributed by atoms with Crippen molar-refractivity contribution in [2.75, 3.05) is 11.1 Å². The Morgan fingerprint density at radius 3 is 2.83 bits per heavy atom. The Morgan fingerprint density at radius 2 is 2.00 bits per heavy atom. The van der Waals surface area contributed by atoms with E-state index in [1.165, 1.54) is 29.2 Å². The van der Waals surface area contributed by atoms with Crippen LogP contribution in [0.4, 0.5) is 14.6 Å². The van der Waals surface area contributed by atoms with Crippen molar-refractivity contribution in [1.29, 1.82) is 0 Å². The van der Waals surface area contributed by atoms with E-state index in [0.717, 1.165) is 16.3 Å². The number of hydrogen-bond acceptors (Lipinski definition) is 5. The number of benzene rings is 2. The molecule has 0 aliphatic carbocycles. The highest BCUT2D eigenvalue weighted by Gasteiger charge is 2.33. The molecule has 2 aromatic carbocycles. The summed E-state index contributed by atoms with van der Waals surface area (Å²) in [6.07, 6.45) is 0. The zero-order chi connectivity index (χ0) is 20.1. The molecule has 1 N–H and O–H groups in total. The summed E-state index contributed by atoms with van der Waals surface area (Å²) in [5, 5.41) is 7.49. The number of thioether (sulfide) groups is 1. The average Bonchev–Trinajstić information content (AvgIpc) is 3.21. The fraction of sp³-hybridized carbons (Fsp3) is 0.150. The summed E-state index contributed by atoms with van der Waals surface area (Å²) in [5.41, 5.74) is 2.31. The molecule has 0 unspecified atom stereocenters. The number of rotatable bonds is 2. The van der Waals surface area contributed by atoms with Gasteiger partial charge in [0, 0.05) is 11.1 Å². The van der Waals surface area contributed by atoms with Gasteiger partial charge >= 0.3 is 0 Å². The van der Waals surface area contributed by atoms with Crippen molar-refractivity contribution in [3.8, 4) is 5.13 Å². The number of aryl methyl sites for hydroxylation is 1. The first kappa shape index (κ1) is 18.3. The van der Waals surface area contributed by atoms with Gasteiger partial charge in [0.25, 0.3) is 0 Å². The van der Waals surface area contributed by atoms with Crippen LogP contribution >= 0.6 is 23.1 Å². The van der Waals surface area contributed by atoms with Gasteiger partial charge in [-0.3, -0.25) is 4.79 Å². The minimum Gasteiger partial charge on any atom is -0.310 e. The summed E-state index contributed by atoms with van der Waals surface area (Å²) < 4.78 is 31.0. The molecule has 146 valence electrons. The first-order chi connectivity index (χ1) is 14.0. The number of amides is 1. The average molecular weight is 428 g/mol. The van der Waals surface area contributed by atoms with Gasteiger partial charge in [0.05, 0.1) is 26.9 Å². The fourth-order valence-electron chi connectivity index (χ4n) is 3.44. The zero-order valence-electron chi connectivity index (χ0n) is 15.1. The number of fused-ring (bicyclic) bond motifs is 2. The van der Waals surface area contributed by atoms with Crippen molar-refractivity contribution in [2.24, 2.45) is 0 Å². The number of nitrogens with one attached hydrogen (secondary N) is 1. The lowest BCUT2D eigenvalue weighted by Crippen LogP contribution is -2.15. The molecule has 3 heterocycles. The van der Waals surface area contributed by atoms with Crippen LogP contribution in [-0.2, 0) is 4.79 Å². The lowest BCUT2D eigenvalue weighted by molar-refractivity contribution is -0.113. The Bertz CT molecular complexity index is 1230. The molecule has 2 aromatic heterocycles. The van der Waals surface area contributed by atoms with Crippen molar-refractivity contribution in [1.82, 2.24) is 14.8 Å². The molecular formula is C20H14F2N4OS2. The molecule has 29 heavy (non-hydrogen) atoms. The molecule has 0 saturated heterocycles. The fourth-order valence-corrected chi connectivity index (χ4v) is 5.57. The Kier molecular flexibility index (Phi) is 4.36. The molecule has 0 spiro atoms. The van der Waals surface area contributed by atoms with Gasteiger partial charge < -0.3 is 5.32 Å². The molecule has 0 radical (unpaired) electrons. The van der Waals surface area contributed by atoms with E-state index < -0.39 is 16.9 Å². The van der Waals surface area contributed by atoms with Crippen LogP contribution in [0.2, 0.25) is 0 Å². The van der Waals surface area contributed by atoms with Gasteiger partial charge in [0.1, 0.15) is 5.82 Å². The number of para-hydroxylation sites is 1. The molecule has 0 bridgehead atoms. The van der Waals surface area contributed by atoms with Crippen molar-refractivity contribution in [3.63, 3.8) is 0 Å². The molecular weight excluding hydrogens is 414 g/mol. The van der Waals surface area contributed by atoms with E-state index in [9.17, 15) is 13.6 Å². The quantitative estimate of drug-likeness (QED) is 0.496. The van der Waals surface area contributed by atoms with Crippen LogP contribution in [0.15, 0.2) is 42.5 Å². The predicted octanol–water partition coefficient (Wildman–Crippen LogP) is 4.84. The number of nitrogens with zero attached hydrogens (tertiary/aromatic N) is 3. The molecule has 0 saturated carbocycles. The van der Waals surface area contributed by atoms with Crippen molar-refractivity contribution in [2.45, 2.75) is 12.2 Å². The van der Waals surface area contributed by atoms with Crippen LogP contribution in [0.25, 0.3) is 15.3 Å². The van der Waals surface area contributed by atoms with Gasteiger partial charge in [-0.15, -0.1) is 11.8 Å². The van der Waals surface area contributed by atoms with E-state index in [2.05, 4.69) is 15.4 Å². The van der Waals surface area contributed by atoms with Gasteiger partial charge in [-0.25, -0.2) is 13.8 Å². The largest absolute Gasteiger partial charge is 0.310 e. The molecule has 4 aromatic rings. The maximum absolute atomic E-state index is 14.6. The Balaban J connectivity index is 1.72. The van der Waals surface area contributed by atoms with Gasteiger partial charge in [0.15, 0.2) is 11.6 Å². The van der Waals surface area contributed by atoms with Crippen LogP contribution in [0.1, 0.15) is 22.1 Å². The molecule has 5 nitrogen and oxygen atoms in total. The number of halogens is 2. The standard InChI is InChI=1S/C20H14F2N4OS2/c1-10-16-18(11-5-4-6-12(21)17(11)22)28-9-15(27)24-19(16)26(25-10)20-23-13-7-2-3-8-14(13)29-20/h2-8,18H,9H2,1H3,(H,24,27)/t18-/m0/s1. The first-order valence-corrected chi connectivity index (χ1v) is 10.7. The molecule has 9 heteroatoms. The third-order valence-corrected chi connectivity index (χ3v) is 7.00. The zero-order valence-corrected chi connectivity index (χ0v) is 16.8. The van der Waals surface area contributed by atoms with Gasteiger partial charge in [-0.05, 0) is 25.1 Å². The smallest absolute Gasteiger partial charge is 0.235 e. The molecule has 5 rings (SSSR count). The second-order valence-electron chi connectivity index (χ2n) is 6.61. The molecule has 1 amide bonds. The molecule has 1 aliphatic rings. The number of anilines is 1. The molecule has 1 aliphatic heterocycles. The van der Waals surface area contributed by atoms with E-state index in [4.69, 9.17) is 0 Å². The van der Waals surface area contributed by atoms with Crippen molar-refractivity contribution < 1.29 is 13.6 Å². The van der Waals surface area contributed by atoms with Crippen LogP contribution in [0, 0.1) is 18.6 Å². The number of hydrogen-bond donors (Lipinski definition) is 1. The summed E-state index contributed by atoms with van der Waals surface area (Å²) in [4.78, 5) is 17.0. The van der Waals surface area contributed by atoms with Crippen LogP contribution in [0.5, 0.6) is 0 Å². The van der Waals surface area contributed by atoms with E-state index in [-0.39, 0.29) is 17.2 Å². The highest BCUT2D eigenvalue weighted by Crippen LogP contribution is 2.45. The van der Waals surface area contributed by atoms with Crippen molar-refractivity contribution in [3.05, 3.63) is 70.9 Å². The number of aromatic nitrogens is 3. The minimum absolute atomic E-state index is 0.120. The van der Waals surface area contributed by atoms with E-state index >= 15 is 0 Å². The van der Waals surface area contributed by atoms with Crippen LogP contribution in [0.3, 0.4) is 0 Å². The minimum atomic E-state index is -0.913. The van der Waals surface area contributed by atoms with E-state index in [1.54, 1.807) is 17.7 Å². The maximum Gasteiger partial charge on any atom is 0.235 e. The Labute approximate surface area is 172 Å². The second-order valence-corrected chi connectivity index (χ2v) is 8.71. The lowest BCUT2D eigenvalue weighted by atomic mass is 10.0. The topological polar surface area (TPSA) is 59.8 Å². The third-order valence-electron chi connectivity index (χ3n) is 4.74. The summed E-state index contributed by atoms with van der Waals surface area (Å²) in [6, 6.07) is 11.8. The van der Waals surface area contributed by atoms with Crippen LogP contribution < -0.4 is 5.32 Å². The first-order valence-electron chi connectivity index (χ1n) is 8.84. The SMILES string of the molecule is Cc1nn(-c2nc3ccccc3s2)c2c1[C@H](c1cccc(F)c1F)SCC(=O)N2. The van der Waals surface area contributed by atoms with E-state index in [1.807, 2.05) is 24.3 Å². The summed E-state index contributed by atoms with van der Waals surface area (Å²) in [7, 11) is 0. The van der Waals surface area contributed by atoms with Crippen molar-refractivity contribution >= 4 is 45.0 Å².